The summed E-state index contributed by atoms with van der Waals surface area (Å²) in [7, 11) is 0. The molecule has 1 amide bonds. The molecular formula is C28H38N2O3S. The van der Waals surface area contributed by atoms with Crippen LogP contribution in [0.1, 0.15) is 107 Å². The third kappa shape index (κ3) is 7.79. The Morgan fingerprint density at radius 1 is 1.18 bits per heavy atom. The number of carbonyl (C=O) groups excluding carboxylic acids is 1. The van der Waals surface area contributed by atoms with Crippen LogP contribution in [0.5, 0.6) is 0 Å². The van der Waals surface area contributed by atoms with E-state index in [4.69, 9.17) is 4.98 Å². The number of aliphatic carboxylic acids is 1. The van der Waals surface area contributed by atoms with Crippen molar-refractivity contribution in [3.63, 3.8) is 0 Å². The minimum absolute atomic E-state index is 0.0302. The Morgan fingerprint density at radius 2 is 1.97 bits per heavy atom. The molecule has 0 bridgehead atoms. The third-order valence-corrected chi connectivity index (χ3v) is 7.63. The number of nitrogens with zero attached hydrogens (tertiary/aromatic N) is 1. The van der Waals surface area contributed by atoms with E-state index in [9.17, 15) is 14.7 Å². The maximum Gasteiger partial charge on any atom is 0.309 e. The number of anilines is 1. The van der Waals surface area contributed by atoms with Gasteiger partial charge in [0.25, 0.3) is 0 Å². The van der Waals surface area contributed by atoms with Crippen LogP contribution < -0.4 is 5.32 Å². The Balaban J connectivity index is 1.57. The molecule has 184 valence electrons. The molecule has 1 fully saturated rings. The van der Waals surface area contributed by atoms with Crippen molar-refractivity contribution < 1.29 is 14.7 Å². The van der Waals surface area contributed by atoms with Crippen LogP contribution in [0.2, 0.25) is 0 Å². The van der Waals surface area contributed by atoms with Crippen molar-refractivity contribution in [2.24, 2.45) is 5.41 Å². The predicted molar refractivity (Wildman–Crippen MR) is 141 cm³/mol. The van der Waals surface area contributed by atoms with Crippen molar-refractivity contribution in [1.82, 2.24) is 4.98 Å². The molecule has 0 saturated heterocycles. The van der Waals surface area contributed by atoms with Crippen LogP contribution in [0.4, 0.5) is 5.69 Å². The standard InChI is InChI=1S/C28H38N2O3S/c1-3-4-5-9-17-28(2,27(32)33)19-25(31)29-23-14-10-11-21(18-23)15-16-26-30-24(20-34-26)22-12-7-6-8-13-22/h10-11,14-16,18,20,22H,3-9,12-13,17,19H2,1-2H3,(H,29,31)(H,32,33). The highest BCUT2D eigenvalue weighted by atomic mass is 32.1. The zero-order chi connectivity index (χ0) is 24.4. The third-order valence-electron chi connectivity index (χ3n) is 6.80. The molecule has 2 N–H and O–H groups in total. The maximum atomic E-state index is 12.7. The van der Waals surface area contributed by atoms with Crippen LogP contribution in [0, 0.1) is 5.41 Å². The molecule has 6 heteroatoms. The van der Waals surface area contributed by atoms with Gasteiger partial charge in [-0.15, -0.1) is 11.3 Å². The second-order valence-corrected chi connectivity index (χ2v) is 10.7. The fraction of sp³-hybridized carbons (Fsp3) is 0.536. The number of carboxylic acid groups (broad SMARTS) is 1. The summed E-state index contributed by atoms with van der Waals surface area (Å²) < 4.78 is 0. The van der Waals surface area contributed by atoms with E-state index in [1.54, 1.807) is 18.3 Å². The van der Waals surface area contributed by atoms with Crippen LogP contribution >= 0.6 is 11.3 Å². The summed E-state index contributed by atoms with van der Waals surface area (Å²) in [5.41, 5.74) is 1.82. The molecule has 3 rings (SSSR count). The Hall–Kier alpha value is -2.47. The largest absolute Gasteiger partial charge is 0.481 e. The molecule has 0 spiro atoms. The van der Waals surface area contributed by atoms with E-state index in [0.29, 0.717) is 18.0 Å². The molecule has 1 atom stereocenters. The van der Waals surface area contributed by atoms with E-state index < -0.39 is 11.4 Å². The highest BCUT2D eigenvalue weighted by Gasteiger charge is 2.35. The van der Waals surface area contributed by atoms with Crippen molar-refractivity contribution in [1.29, 1.82) is 0 Å². The van der Waals surface area contributed by atoms with E-state index in [1.807, 2.05) is 36.4 Å². The summed E-state index contributed by atoms with van der Waals surface area (Å²) in [6.45, 7) is 3.80. The van der Waals surface area contributed by atoms with E-state index in [-0.39, 0.29) is 12.3 Å². The number of carboxylic acids is 1. The number of aromatic nitrogens is 1. The SMILES string of the molecule is CCCCCCC(C)(CC(=O)Nc1cccc(C=Cc2nc(C3CCCCC3)cs2)c1)C(=O)O. The Kier molecular flexibility index (Phi) is 9.87. The Labute approximate surface area is 207 Å². The number of unbranched alkanes of at least 4 members (excludes halogenated alkanes) is 3. The highest BCUT2D eigenvalue weighted by Crippen LogP contribution is 2.33. The summed E-state index contributed by atoms with van der Waals surface area (Å²) in [5, 5.41) is 15.8. The van der Waals surface area contributed by atoms with Crippen molar-refractivity contribution in [3.8, 4) is 0 Å². The zero-order valence-corrected chi connectivity index (χ0v) is 21.3. The molecule has 1 unspecified atom stereocenters. The molecule has 1 saturated carbocycles. The van der Waals surface area contributed by atoms with E-state index in [0.717, 1.165) is 36.3 Å². The first kappa shape index (κ1) is 26.1. The molecule has 5 nitrogen and oxygen atoms in total. The minimum atomic E-state index is -1.05. The second-order valence-electron chi connectivity index (χ2n) is 9.81. The van der Waals surface area contributed by atoms with Crippen molar-refractivity contribution in [3.05, 3.63) is 45.9 Å². The van der Waals surface area contributed by atoms with Gasteiger partial charge >= 0.3 is 5.97 Å². The maximum absolute atomic E-state index is 12.7. The van der Waals surface area contributed by atoms with Gasteiger partial charge < -0.3 is 10.4 Å². The number of carbonyl (C=O) groups is 2. The van der Waals surface area contributed by atoms with Crippen molar-refractivity contribution in [2.75, 3.05) is 5.32 Å². The molecule has 1 aliphatic rings. The molecule has 34 heavy (non-hydrogen) atoms. The zero-order valence-electron chi connectivity index (χ0n) is 20.5. The van der Waals surface area contributed by atoms with E-state index in [2.05, 4.69) is 17.6 Å². The number of benzene rings is 1. The van der Waals surface area contributed by atoms with E-state index >= 15 is 0 Å². The number of hydrogen-bond donors (Lipinski definition) is 2. The van der Waals surface area contributed by atoms with Crippen LogP contribution in [-0.4, -0.2) is 22.0 Å². The lowest BCUT2D eigenvalue weighted by molar-refractivity contribution is -0.150. The quantitative estimate of drug-likeness (QED) is 0.303. The van der Waals surface area contributed by atoms with Crippen LogP contribution in [0.3, 0.4) is 0 Å². The summed E-state index contributed by atoms with van der Waals surface area (Å²) in [4.78, 5) is 29.3. The predicted octanol–water partition coefficient (Wildman–Crippen LogP) is 7.75. The van der Waals surface area contributed by atoms with Gasteiger partial charge in [0.15, 0.2) is 0 Å². The average molecular weight is 483 g/mol. The molecule has 2 aromatic rings. The lowest BCUT2D eigenvalue weighted by Gasteiger charge is -2.24. The molecule has 1 heterocycles. The van der Waals surface area contributed by atoms with Crippen LogP contribution in [0.15, 0.2) is 29.6 Å². The summed E-state index contributed by atoms with van der Waals surface area (Å²) >= 11 is 1.67. The number of rotatable bonds is 12. The molecule has 1 aliphatic carbocycles. The lowest BCUT2D eigenvalue weighted by atomic mass is 9.81. The average Bonchev–Trinajstić information content (AvgIpc) is 3.30. The smallest absolute Gasteiger partial charge is 0.309 e. The second kappa shape index (κ2) is 12.8. The Bertz CT molecular complexity index is 978. The fourth-order valence-electron chi connectivity index (χ4n) is 4.62. The molecule has 1 aromatic heterocycles. The van der Waals surface area contributed by atoms with Gasteiger partial charge in [-0.3, -0.25) is 9.59 Å². The highest BCUT2D eigenvalue weighted by molar-refractivity contribution is 7.10. The summed E-state index contributed by atoms with van der Waals surface area (Å²) in [6, 6.07) is 7.62. The van der Waals surface area contributed by atoms with Crippen molar-refractivity contribution in [2.45, 2.75) is 90.4 Å². The number of thiazole rings is 1. The van der Waals surface area contributed by atoms with Gasteiger partial charge in [-0.25, -0.2) is 4.98 Å². The topological polar surface area (TPSA) is 79.3 Å². The lowest BCUT2D eigenvalue weighted by Crippen LogP contribution is -2.32. The summed E-state index contributed by atoms with van der Waals surface area (Å²) in [6.07, 6.45) is 14.9. The normalized spacial score (nSPS) is 16.4. The van der Waals surface area contributed by atoms with Gasteiger partial charge in [-0.2, -0.15) is 0 Å². The first-order valence-corrected chi connectivity index (χ1v) is 13.5. The summed E-state index contributed by atoms with van der Waals surface area (Å²) in [5.74, 6) is -0.570. The van der Waals surface area contributed by atoms with Crippen LogP contribution in [0.25, 0.3) is 12.2 Å². The van der Waals surface area contributed by atoms with Gasteiger partial charge in [-0.05, 0) is 50.0 Å². The van der Waals surface area contributed by atoms with Gasteiger partial charge in [0.2, 0.25) is 5.91 Å². The monoisotopic (exact) mass is 482 g/mol. The number of hydrogen-bond acceptors (Lipinski definition) is 4. The molecule has 0 radical (unpaired) electrons. The van der Waals surface area contributed by atoms with Gasteiger partial charge in [0, 0.05) is 23.4 Å². The van der Waals surface area contributed by atoms with Gasteiger partial charge in [0.05, 0.1) is 11.1 Å². The van der Waals surface area contributed by atoms with Crippen molar-refractivity contribution >= 4 is 41.1 Å². The number of nitrogens with one attached hydrogen (secondary N) is 1. The van der Waals surface area contributed by atoms with Gasteiger partial charge in [-0.1, -0.05) is 70.1 Å². The first-order chi connectivity index (χ1) is 16.4. The van der Waals surface area contributed by atoms with Gasteiger partial charge in [0.1, 0.15) is 5.01 Å². The fourth-order valence-corrected chi connectivity index (χ4v) is 5.41. The Morgan fingerprint density at radius 3 is 2.71 bits per heavy atom. The molecule has 1 aromatic carbocycles. The molecule has 0 aliphatic heterocycles. The van der Waals surface area contributed by atoms with Crippen LogP contribution in [-0.2, 0) is 9.59 Å². The molecular weight excluding hydrogens is 444 g/mol. The number of amides is 1. The van der Waals surface area contributed by atoms with E-state index in [1.165, 1.54) is 37.8 Å². The first-order valence-electron chi connectivity index (χ1n) is 12.7. The minimum Gasteiger partial charge on any atom is -0.481 e.